The van der Waals surface area contributed by atoms with Gasteiger partial charge in [0.1, 0.15) is 11.3 Å². The summed E-state index contributed by atoms with van der Waals surface area (Å²) in [5, 5.41) is 3.54. The fourth-order valence-corrected chi connectivity index (χ4v) is 3.12. The SMILES string of the molecule is COc1ccc(C(CNC(=O)c2c(Cl)ccc(Cl)c2OC)N(C)C)cc1. The van der Waals surface area contributed by atoms with Crippen molar-refractivity contribution < 1.29 is 14.3 Å². The van der Waals surface area contributed by atoms with Gasteiger partial charge in [0.2, 0.25) is 0 Å². The number of nitrogens with zero attached hydrogens (tertiary/aromatic N) is 1. The normalized spacial score (nSPS) is 12.0. The summed E-state index contributed by atoms with van der Waals surface area (Å²) in [6.07, 6.45) is 0. The van der Waals surface area contributed by atoms with Gasteiger partial charge in [-0.1, -0.05) is 35.3 Å². The number of halogens is 2. The lowest BCUT2D eigenvalue weighted by Gasteiger charge is -2.25. The van der Waals surface area contributed by atoms with Crippen molar-refractivity contribution in [1.29, 1.82) is 0 Å². The van der Waals surface area contributed by atoms with E-state index in [0.29, 0.717) is 11.6 Å². The minimum absolute atomic E-state index is 0.0196. The third-order valence-electron chi connectivity index (χ3n) is 4.07. The Hall–Kier alpha value is -1.95. The number of nitrogens with one attached hydrogen (secondary N) is 1. The Morgan fingerprint density at radius 2 is 1.65 bits per heavy atom. The highest BCUT2D eigenvalue weighted by atomic mass is 35.5. The maximum absolute atomic E-state index is 12.7. The highest BCUT2D eigenvalue weighted by Gasteiger charge is 2.21. The van der Waals surface area contributed by atoms with E-state index in [0.717, 1.165) is 11.3 Å². The van der Waals surface area contributed by atoms with Gasteiger partial charge in [-0.25, -0.2) is 0 Å². The van der Waals surface area contributed by atoms with Gasteiger partial charge in [0.25, 0.3) is 5.91 Å². The van der Waals surface area contributed by atoms with Crippen LogP contribution in [-0.4, -0.2) is 45.7 Å². The van der Waals surface area contributed by atoms with Crippen LogP contribution < -0.4 is 14.8 Å². The van der Waals surface area contributed by atoms with Crippen LogP contribution in [0.15, 0.2) is 36.4 Å². The second kappa shape index (κ2) is 9.12. The molecular weight excluding hydrogens is 375 g/mol. The Labute approximate surface area is 163 Å². The van der Waals surface area contributed by atoms with E-state index in [4.69, 9.17) is 32.7 Å². The van der Waals surface area contributed by atoms with Crippen molar-refractivity contribution in [2.24, 2.45) is 0 Å². The number of rotatable bonds is 7. The van der Waals surface area contributed by atoms with Gasteiger partial charge >= 0.3 is 0 Å². The van der Waals surface area contributed by atoms with Crippen molar-refractivity contribution in [3.05, 3.63) is 57.6 Å². The fraction of sp³-hybridized carbons (Fsp3) is 0.316. The average Bonchev–Trinajstić information content (AvgIpc) is 2.63. The van der Waals surface area contributed by atoms with Crippen LogP contribution in [0.2, 0.25) is 10.0 Å². The monoisotopic (exact) mass is 396 g/mol. The molecule has 0 aliphatic carbocycles. The summed E-state index contributed by atoms with van der Waals surface area (Å²) in [6, 6.07) is 10.9. The smallest absolute Gasteiger partial charge is 0.256 e. The molecule has 1 unspecified atom stereocenters. The summed E-state index contributed by atoms with van der Waals surface area (Å²) in [5.74, 6) is 0.711. The first-order valence-electron chi connectivity index (χ1n) is 7.99. The van der Waals surface area contributed by atoms with E-state index in [1.807, 2.05) is 43.3 Å². The summed E-state index contributed by atoms with van der Waals surface area (Å²) in [5.41, 5.74) is 1.29. The molecule has 0 bridgehead atoms. The van der Waals surface area contributed by atoms with E-state index in [1.165, 1.54) is 7.11 Å². The van der Waals surface area contributed by atoms with Gasteiger partial charge in [0, 0.05) is 6.54 Å². The first kappa shape index (κ1) is 20.4. The summed E-state index contributed by atoms with van der Waals surface area (Å²) in [6.45, 7) is 0.393. The van der Waals surface area contributed by atoms with Crippen LogP contribution in [0.4, 0.5) is 0 Å². The molecule has 0 fully saturated rings. The van der Waals surface area contributed by atoms with Crippen molar-refractivity contribution in [3.8, 4) is 11.5 Å². The summed E-state index contributed by atoms with van der Waals surface area (Å²) in [7, 11) is 6.98. The third-order valence-corrected chi connectivity index (χ3v) is 4.68. The molecule has 0 aliphatic heterocycles. The molecule has 7 heteroatoms. The summed E-state index contributed by atoms with van der Waals surface area (Å²) < 4.78 is 10.4. The van der Waals surface area contributed by atoms with Crippen molar-refractivity contribution >= 4 is 29.1 Å². The Balaban J connectivity index is 2.19. The second-order valence-corrected chi connectivity index (χ2v) is 6.71. The highest BCUT2D eigenvalue weighted by Crippen LogP contribution is 2.33. The lowest BCUT2D eigenvalue weighted by molar-refractivity contribution is 0.0939. The van der Waals surface area contributed by atoms with Gasteiger partial charge in [0.05, 0.1) is 30.3 Å². The first-order valence-corrected chi connectivity index (χ1v) is 8.75. The Morgan fingerprint density at radius 3 is 2.19 bits per heavy atom. The van der Waals surface area contributed by atoms with Gasteiger partial charge in [0.15, 0.2) is 5.75 Å². The van der Waals surface area contributed by atoms with Crippen LogP contribution >= 0.6 is 23.2 Å². The van der Waals surface area contributed by atoms with E-state index < -0.39 is 0 Å². The lowest BCUT2D eigenvalue weighted by Crippen LogP contribution is -2.34. The van der Waals surface area contributed by atoms with Crippen LogP contribution in [0.3, 0.4) is 0 Å². The highest BCUT2D eigenvalue weighted by molar-refractivity contribution is 6.37. The molecule has 0 radical (unpaired) electrons. The molecule has 140 valence electrons. The predicted octanol–water partition coefficient (Wildman–Crippen LogP) is 4.04. The summed E-state index contributed by atoms with van der Waals surface area (Å²) in [4.78, 5) is 14.7. The zero-order valence-electron chi connectivity index (χ0n) is 15.2. The van der Waals surface area contributed by atoms with Crippen molar-refractivity contribution in [1.82, 2.24) is 10.2 Å². The number of ether oxygens (including phenoxy) is 2. The summed E-state index contributed by atoms with van der Waals surface area (Å²) >= 11 is 12.3. The number of carbonyl (C=O) groups is 1. The molecule has 1 amide bonds. The van der Waals surface area contributed by atoms with Crippen LogP contribution in [0, 0.1) is 0 Å². The molecular formula is C19H22Cl2N2O3. The van der Waals surface area contributed by atoms with E-state index >= 15 is 0 Å². The molecule has 0 aliphatic rings. The minimum Gasteiger partial charge on any atom is -0.497 e. The number of hydrogen-bond acceptors (Lipinski definition) is 4. The molecule has 0 aromatic heterocycles. The van der Waals surface area contributed by atoms with Gasteiger partial charge in [-0.05, 0) is 43.9 Å². The zero-order chi connectivity index (χ0) is 19.3. The maximum atomic E-state index is 12.7. The molecule has 0 saturated carbocycles. The number of methoxy groups -OCH3 is 2. The molecule has 2 rings (SSSR count). The van der Waals surface area contributed by atoms with E-state index in [9.17, 15) is 4.79 Å². The first-order chi connectivity index (χ1) is 12.4. The quantitative estimate of drug-likeness (QED) is 0.766. The average molecular weight is 397 g/mol. The molecule has 5 nitrogen and oxygen atoms in total. The number of hydrogen-bond donors (Lipinski definition) is 1. The number of likely N-dealkylation sites (N-methyl/N-ethyl adjacent to an activating group) is 1. The number of amides is 1. The molecule has 26 heavy (non-hydrogen) atoms. The topological polar surface area (TPSA) is 50.8 Å². The molecule has 0 heterocycles. The third kappa shape index (κ3) is 4.61. The largest absolute Gasteiger partial charge is 0.497 e. The molecule has 2 aromatic carbocycles. The van der Waals surface area contributed by atoms with E-state index in [1.54, 1.807) is 19.2 Å². The van der Waals surface area contributed by atoms with Gasteiger partial charge in [-0.15, -0.1) is 0 Å². The Kier molecular flexibility index (Phi) is 7.14. The molecule has 0 saturated heterocycles. The second-order valence-electron chi connectivity index (χ2n) is 5.90. The van der Waals surface area contributed by atoms with Crippen molar-refractivity contribution in [2.75, 3.05) is 34.9 Å². The molecule has 1 N–H and O–H groups in total. The minimum atomic E-state index is -0.338. The Morgan fingerprint density at radius 1 is 1.04 bits per heavy atom. The van der Waals surface area contributed by atoms with Crippen LogP contribution in [0.25, 0.3) is 0 Å². The molecule has 0 spiro atoms. The van der Waals surface area contributed by atoms with E-state index in [-0.39, 0.29) is 28.3 Å². The van der Waals surface area contributed by atoms with E-state index in [2.05, 4.69) is 5.32 Å². The predicted molar refractivity (Wildman–Crippen MR) is 105 cm³/mol. The van der Waals surface area contributed by atoms with Gasteiger partial charge < -0.3 is 19.7 Å². The number of carbonyl (C=O) groups excluding carboxylic acids is 1. The van der Waals surface area contributed by atoms with Crippen LogP contribution in [0.1, 0.15) is 22.0 Å². The molecule has 2 aromatic rings. The van der Waals surface area contributed by atoms with Crippen LogP contribution in [0.5, 0.6) is 11.5 Å². The standard InChI is InChI=1S/C19H22Cl2N2O3/c1-23(2)16(12-5-7-13(25-3)8-6-12)11-22-19(24)17-14(20)9-10-15(21)18(17)26-4/h5-10,16H,11H2,1-4H3,(H,22,24). The van der Waals surface area contributed by atoms with Gasteiger partial charge in [-0.2, -0.15) is 0 Å². The number of benzene rings is 2. The molecule has 1 atom stereocenters. The maximum Gasteiger partial charge on any atom is 0.256 e. The fourth-order valence-electron chi connectivity index (χ4n) is 2.65. The van der Waals surface area contributed by atoms with Crippen molar-refractivity contribution in [3.63, 3.8) is 0 Å². The zero-order valence-corrected chi connectivity index (χ0v) is 16.7. The Bertz CT molecular complexity index is 764. The van der Waals surface area contributed by atoms with Gasteiger partial charge in [-0.3, -0.25) is 4.79 Å². The van der Waals surface area contributed by atoms with Crippen LogP contribution in [-0.2, 0) is 0 Å². The lowest BCUT2D eigenvalue weighted by atomic mass is 10.1. The van der Waals surface area contributed by atoms with Crippen molar-refractivity contribution in [2.45, 2.75) is 6.04 Å².